The quantitative estimate of drug-likeness (QED) is 0.795. The molecule has 2 amide bonds. The second-order valence-electron chi connectivity index (χ2n) is 7.46. The normalized spacial score (nSPS) is 18.2. The fourth-order valence-corrected chi connectivity index (χ4v) is 4.03. The third-order valence-electron chi connectivity index (χ3n) is 5.74. The number of benzene rings is 1. The smallest absolute Gasteiger partial charge is 0.276 e. The highest BCUT2D eigenvalue weighted by atomic mass is 19.1. The van der Waals surface area contributed by atoms with Gasteiger partial charge in [0, 0.05) is 31.3 Å². The Kier molecular flexibility index (Phi) is 4.32. The predicted molar refractivity (Wildman–Crippen MR) is 95.5 cm³/mol. The molecule has 1 saturated heterocycles. The first-order valence-corrected chi connectivity index (χ1v) is 9.09. The number of hydrogen-bond donors (Lipinski definition) is 1. The van der Waals surface area contributed by atoms with Crippen LogP contribution in [0.25, 0.3) is 0 Å². The van der Waals surface area contributed by atoms with E-state index in [9.17, 15) is 18.4 Å². The first-order valence-electron chi connectivity index (χ1n) is 9.09. The van der Waals surface area contributed by atoms with E-state index in [4.69, 9.17) is 10.3 Å². The van der Waals surface area contributed by atoms with Crippen molar-refractivity contribution in [1.29, 1.82) is 0 Å². The Morgan fingerprint density at radius 3 is 2.57 bits per heavy atom. The van der Waals surface area contributed by atoms with Crippen molar-refractivity contribution >= 4 is 17.5 Å². The summed E-state index contributed by atoms with van der Waals surface area (Å²) in [7, 11) is 0. The minimum atomic E-state index is -0.961. The van der Waals surface area contributed by atoms with Crippen molar-refractivity contribution in [2.24, 2.45) is 0 Å². The summed E-state index contributed by atoms with van der Waals surface area (Å²) in [6.07, 6.45) is 3.83. The van der Waals surface area contributed by atoms with E-state index < -0.39 is 23.1 Å². The maximum Gasteiger partial charge on any atom is 0.276 e. The highest BCUT2D eigenvalue weighted by Gasteiger charge is 2.50. The lowest BCUT2D eigenvalue weighted by atomic mass is 9.73. The number of halogens is 2. The van der Waals surface area contributed by atoms with E-state index in [1.165, 1.54) is 11.2 Å². The van der Waals surface area contributed by atoms with Gasteiger partial charge < -0.3 is 20.1 Å². The van der Waals surface area contributed by atoms with E-state index in [2.05, 4.69) is 5.16 Å². The summed E-state index contributed by atoms with van der Waals surface area (Å²) in [6.45, 7) is 2.57. The minimum Gasteiger partial charge on any atom is -0.396 e. The van der Waals surface area contributed by atoms with E-state index in [1.54, 1.807) is 11.8 Å². The molecule has 1 aliphatic heterocycles. The number of hydrogen-bond acceptors (Lipinski definition) is 5. The topological polar surface area (TPSA) is 92.7 Å². The third kappa shape index (κ3) is 2.81. The fraction of sp³-hybridized carbons (Fsp3) is 0.421. The molecule has 148 valence electrons. The highest BCUT2D eigenvalue weighted by Crippen LogP contribution is 2.41. The van der Waals surface area contributed by atoms with Crippen molar-refractivity contribution in [3.63, 3.8) is 0 Å². The lowest BCUT2D eigenvalue weighted by Gasteiger charge is -2.55. The molecule has 2 N–H and O–H groups in total. The number of nitrogens with two attached hydrogens (primary N) is 1. The van der Waals surface area contributed by atoms with Gasteiger partial charge in [0.2, 0.25) is 0 Å². The van der Waals surface area contributed by atoms with E-state index >= 15 is 0 Å². The van der Waals surface area contributed by atoms with Crippen molar-refractivity contribution in [3.8, 4) is 0 Å². The summed E-state index contributed by atoms with van der Waals surface area (Å²) in [5.41, 5.74) is 5.51. The van der Waals surface area contributed by atoms with Gasteiger partial charge in [0.1, 0.15) is 17.9 Å². The van der Waals surface area contributed by atoms with Crippen LogP contribution in [-0.4, -0.2) is 51.9 Å². The molecule has 1 spiro atoms. The number of anilines is 1. The van der Waals surface area contributed by atoms with Crippen molar-refractivity contribution in [3.05, 3.63) is 46.9 Å². The SMILES string of the molecule is Cc1conc1C(=O)N1CCN(C(=O)c2cc(F)cc(F)c2N)CC12CCC2. The molecular formula is C19H20F2N4O3. The van der Waals surface area contributed by atoms with Crippen LogP contribution >= 0.6 is 0 Å². The van der Waals surface area contributed by atoms with E-state index in [0.29, 0.717) is 18.2 Å². The van der Waals surface area contributed by atoms with Gasteiger partial charge in [-0.25, -0.2) is 8.78 Å². The van der Waals surface area contributed by atoms with Crippen LogP contribution in [0.4, 0.5) is 14.5 Å². The van der Waals surface area contributed by atoms with Crippen LogP contribution in [0.3, 0.4) is 0 Å². The van der Waals surface area contributed by atoms with Crippen LogP contribution in [0.15, 0.2) is 22.9 Å². The second kappa shape index (κ2) is 6.57. The van der Waals surface area contributed by atoms with Gasteiger partial charge >= 0.3 is 0 Å². The number of carbonyl (C=O) groups is 2. The number of nitrogens with zero attached hydrogens (tertiary/aromatic N) is 3. The maximum absolute atomic E-state index is 13.8. The van der Waals surface area contributed by atoms with Crippen molar-refractivity contribution in [1.82, 2.24) is 15.0 Å². The predicted octanol–water partition coefficient (Wildman–Crippen LogP) is 2.36. The zero-order valence-electron chi connectivity index (χ0n) is 15.4. The summed E-state index contributed by atoms with van der Waals surface area (Å²) >= 11 is 0. The largest absolute Gasteiger partial charge is 0.396 e. The van der Waals surface area contributed by atoms with Crippen molar-refractivity contribution < 1.29 is 22.9 Å². The van der Waals surface area contributed by atoms with Gasteiger partial charge in [0.15, 0.2) is 5.69 Å². The zero-order valence-corrected chi connectivity index (χ0v) is 15.4. The van der Waals surface area contributed by atoms with Gasteiger partial charge in [-0.2, -0.15) is 0 Å². The molecule has 28 heavy (non-hydrogen) atoms. The molecule has 0 unspecified atom stereocenters. The number of piperazine rings is 1. The number of amides is 2. The zero-order chi connectivity index (χ0) is 20.1. The number of aryl methyl sites for hydroxylation is 1. The molecule has 1 aromatic heterocycles. The molecule has 7 nitrogen and oxygen atoms in total. The Morgan fingerprint density at radius 2 is 1.96 bits per heavy atom. The second-order valence-corrected chi connectivity index (χ2v) is 7.46. The summed E-state index contributed by atoms with van der Waals surface area (Å²) in [5, 5.41) is 3.80. The third-order valence-corrected chi connectivity index (χ3v) is 5.74. The Bertz CT molecular complexity index is 955. The molecule has 2 aliphatic rings. The van der Waals surface area contributed by atoms with Gasteiger partial charge in [0.25, 0.3) is 11.8 Å². The summed E-state index contributed by atoms with van der Waals surface area (Å²) in [6, 6.07) is 1.60. The molecule has 1 aliphatic carbocycles. The molecule has 0 atom stereocenters. The Hall–Kier alpha value is -2.97. The van der Waals surface area contributed by atoms with Crippen LogP contribution in [0, 0.1) is 18.6 Å². The summed E-state index contributed by atoms with van der Waals surface area (Å²) < 4.78 is 32.2. The maximum atomic E-state index is 13.8. The average Bonchev–Trinajstić information content (AvgIpc) is 3.07. The van der Waals surface area contributed by atoms with Gasteiger partial charge in [-0.3, -0.25) is 9.59 Å². The van der Waals surface area contributed by atoms with Crippen LogP contribution in [0.5, 0.6) is 0 Å². The Labute approximate surface area is 160 Å². The molecule has 0 radical (unpaired) electrons. The van der Waals surface area contributed by atoms with Crippen LogP contribution in [0.2, 0.25) is 0 Å². The summed E-state index contributed by atoms with van der Waals surface area (Å²) in [5.74, 6) is -2.58. The number of aromatic nitrogens is 1. The van der Waals surface area contributed by atoms with E-state index in [-0.39, 0.29) is 35.9 Å². The molecular weight excluding hydrogens is 370 g/mol. The lowest BCUT2D eigenvalue weighted by Crippen LogP contribution is -2.67. The standard InChI is InChI=1S/C19H20F2N4O3/c1-11-9-28-23-16(11)18(27)25-6-5-24(10-19(25)3-2-4-19)17(26)13-7-12(20)8-14(21)15(13)22/h7-9H,2-6,10,22H2,1H3. The van der Waals surface area contributed by atoms with E-state index in [1.807, 2.05) is 0 Å². The van der Waals surface area contributed by atoms with Gasteiger partial charge in [-0.1, -0.05) is 5.16 Å². The number of rotatable bonds is 2. The monoisotopic (exact) mass is 390 g/mol. The fourth-order valence-electron chi connectivity index (χ4n) is 4.03. The van der Waals surface area contributed by atoms with Gasteiger partial charge in [-0.05, 0) is 32.3 Å². The van der Waals surface area contributed by atoms with E-state index in [0.717, 1.165) is 25.3 Å². The molecule has 2 fully saturated rings. The van der Waals surface area contributed by atoms with Gasteiger partial charge in [-0.15, -0.1) is 0 Å². The van der Waals surface area contributed by atoms with Crippen molar-refractivity contribution in [2.45, 2.75) is 31.7 Å². The van der Waals surface area contributed by atoms with Crippen LogP contribution < -0.4 is 5.73 Å². The van der Waals surface area contributed by atoms with Gasteiger partial charge in [0.05, 0.1) is 16.8 Å². The summed E-state index contributed by atoms with van der Waals surface area (Å²) in [4.78, 5) is 29.1. The molecule has 2 heterocycles. The Morgan fingerprint density at radius 1 is 1.21 bits per heavy atom. The minimum absolute atomic E-state index is 0.195. The average molecular weight is 390 g/mol. The Balaban J connectivity index is 1.59. The molecule has 4 rings (SSSR count). The first kappa shape index (κ1) is 18.4. The lowest BCUT2D eigenvalue weighted by molar-refractivity contribution is -0.0308. The van der Waals surface area contributed by atoms with Crippen molar-refractivity contribution in [2.75, 3.05) is 25.4 Å². The number of nitrogen functional groups attached to an aromatic ring is 1. The molecule has 1 saturated carbocycles. The highest BCUT2D eigenvalue weighted by molar-refractivity contribution is 6.00. The first-order chi connectivity index (χ1) is 13.3. The van der Waals surface area contributed by atoms with Crippen LogP contribution in [0.1, 0.15) is 45.7 Å². The van der Waals surface area contributed by atoms with Crippen LogP contribution in [-0.2, 0) is 0 Å². The molecule has 0 bridgehead atoms. The number of carbonyl (C=O) groups excluding carboxylic acids is 2. The molecule has 9 heteroatoms. The molecule has 1 aromatic carbocycles. The molecule has 2 aromatic rings.